The van der Waals surface area contributed by atoms with Gasteiger partial charge in [0.05, 0.1) is 10.1 Å². The zero-order valence-electron chi connectivity index (χ0n) is 14.4. The molecule has 0 spiro atoms. The van der Waals surface area contributed by atoms with Gasteiger partial charge >= 0.3 is 0 Å². The molecule has 0 saturated carbocycles. The third-order valence-corrected chi connectivity index (χ3v) is 5.79. The smallest absolute Gasteiger partial charge is 0.257 e. The molecule has 0 unspecified atom stereocenters. The second kappa shape index (κ2) is 7.43. The van der Waals surface area contributed by atoms with Crippen LogP contribution in [0.2, 0.25) is 0 Å². The van der Waals surface area contributed by atoms with Crippen LogP contribution in [0, 0.1) is 0 Å². The molecule has 0 aliphatic heterocycles. The van der Waals surface area contributed by atoms with E-state index in [1.54, 1.807) is 23.1 Å². The molecule has 0 N–H and O–H groups in total. The van der Waals surface area contributed by atoms with Crippen molar-refractivity contribution < 1.29 is 4.42 Å². The predicted molar refractivity (Wildman–Crippen MR) is 103 cm³/mol. The van der Waals surface area contributed by atoms with Gasteiger partial charge in [0.2, 0.25) is 5.89 Å². The van der Waals surface area contributed by atoms with E-state index in [-0.39, 0.29) is 5.25 Å². The summed E-state index contributed by atoms with van der Waals surface area (Å²) in [5.41, 5.74) is 1.05. The second-order valence-electron chi connectivity index (χ2n) is 5.60. The Hall–Kier alpha value is -2.45. The van der Waals surface area contributed by atoms with Gasteiger partial charge < -0.3 is 8.98 Å². The Kier molecular flexibility index (Phi) is 4.85. The van der Waals surface area contributed by atoms with E-state index in [1.807, 2.05) is 54.8 Å². The quantitative estimate of drug-likeness (QED) is 0.440. The Balaban J connectivity index is 1.57. The Morgan fingerprint density at radius 2 is 1.92 bits per heavy atom. The monoisotopic (exact) mass is 383 g/mol. The molecule has 0 aliphatic carbocycles. The van der Waals surface area contributed by atoms with E-state index in [9.17, 15) is 0 Å². The summed E-state index contributed by atoms with van der Waals surface area (Å²) >= 11 is 3.15. The van der Waals surface area contributed by atoms with E-state index >= 15 is 0 Å². The SMILES string of the molecule is CCn1c(S[C@H](C)c2nnc(-c3cccs3)o2)nnc1-c1ccccc1. The van der Waals surface area contributed by atoms with E-state index < -0.39 is 0 Å². The lowest BCUT2D eigenvalue weighted by Gasteiger charge is -2.09. The van der Waals surface area contributed by atoms with Crippen molar-refractivity contribution in [1.82, 2.24) is 25.0 Å². The molecule has 4 rings (SSSR count). The van der Waals surface area contributed by atoms with Crippen LogP contribution in [0.15, 0.2) is 57.4 Å². The Morgan fingerprint density at radius 3 is 2.65 bits per heavy atom. The number of thioether (sulfide) groups is 1. The summed E-state index contributed by atoms with van der Waals surface area (Å²) in [4.78, 5) is 0.976. The first-order valence-electron chi connectivity index (χ1n) is 8.28. The Morgan fingerprint density at radius 1 is 1.08 bits per heavy atom. The molecule has 0 saturated heterocycles. The summed E-state index contributed by atoms with van der Waals surface area (Å²) in [5.74, 6) is 2.02. The van der Waals surface area contributed by atoms with E-state index in [0.717, 1.165) is 28.0 Å². The van der Waals surface area contributed by atoms with Gasteiger partial charge in [0.15, 0.2) is 11.0 Å². The summed E-state index contributed by atoms with van der Waals surface area (Å²) in [5, 5.41) is 19.9. The van der Waals surface area contributed by atoms with Crippen LogP contribution in [0.3, 0.4) is 0 Å². The highest BCUT2D eigenvalue weighted by Crippen LogP contribution is 2.36. The van der Waals surface area contributed by atoms with Crippen molar-refractivity contribution in [3.05, 3.63) is 53.7 Å². The molecule has 3 aromatic heterocycles. The van der Waals surface area contributed by atoms with Crippen LogP contribution in [0.5, 0.6) is 0 Å². The first kappa shape index (κ1) is 17.0. The fraction of sp³-hybridized carbons (Fsp3) is 0.222. The van der Waals surface area contributed by atoms with E-state index in [0.29, 0.717) is 11.8 Å². The normalized spacial score (nSPS) is 12.4. The van der Waals surface area contributed by atoms with Crippen molar-refractivity contribution >= 4 is 23.1 Å². The average molecular weight is 384 g/mol. The minimum absolute atomic E-state index is 0.0191. The molecule has 132 valence electrons. The summed E-state index contributed by atoms with van der Waals surface area (Å²) in [6.45, 7) is 4.91. The summed E-state index contributed by atoms with van der Waals surface area (Å²) in [6.07, 6.45) is 0. The van der Waals surface area contributed by atoms with Crippen molar-refractivity contribution in [3.8, 4) is 22.2 Å². The molecule has 0 bridgehead atoms. The van der Waals surface area contributed by atoms with Gasteiger partial charge in [-0.25, -0.2) is 0 Å². The third kappa shape index (κ3) is 3.30. The van der Waals surface area contributed by atoms with E-state index in [2.05, 4.69) is 31.9 Å². The van der Waals surface area contributed by atoms with Crippen molar-refractivity contribution in [2.24, 2.45) is 0 Å². The zero-order chi connectivity index (χ0) is 17.9. The van der Waals surface area contributed by atoms with Crippen LogP contribution >= 0.6 is 23.1 Å². The molecule has 0 fully saturated rings. The first-order valence-corrected chi connectivity index (χ1v) is 10.0. The molecule has 8 heteroatoms. The van der Waals surface area contributed by atoms with Gasteiger partial charge in [0.25, 0.3) is 5.89 Å². The van der Waals surface area contributed by atoms with Gasteiger partial charge in [-0.3, -0.25) is 0 Å². The topological polar surface area (TPSA) is 69.6 Å². The van der Waals surface area contributed by atoms with Crippen LogP contribution < -0.4 is 0 Å². The highest BCUT2D eigenvalue weighted by molar-refractivity contribution is 7.99. The molecule has 0 amide bonds. The number of thiophene rings is 1. The molecular weight excluding hydrogens is 366 g/mol. The van der Waals surface area contributed by atoms with Crippen LogP contribution in [-0.4, -0.2) is 25.0 Å². The second-order valence-corrected chi connectivity index (χ2v) is 7.85. The minimum Gasteiger partial charge on any atom is -0.419 e. The van der Waals surface area contributed by atoms with E-state index in [4.69, 9.17) is 4.42 Å². The molecule has 1 atom stereocenters. The highest BCUT2D eigenvalue weighted by Gasteiger charge is 2.21. The number of benzene rings is 1. The van der Waals surface area contributed by atoms with Gasteiger partial charge in [-0.15, -0.1) is 31.7 Å². The minimum atomic E-state index is -0.0191. The lowest BCUT2D eigenvalue weighted by atomic mass is 10.2. The van der Waals surface area contributed by atoms with E-state index in [1.165, 1.54) is 0 Å². The maximum Gasteiger partial charge on any atom is 0.257 e. The summed E-state index contributed by atoms with van der Waals surface area (Å²) < 4.78 is 7.94. The number of hydrogen-bond acceptors (Lipinski definition) is 7. The molecule has 6 nitrogen and oxygen atoms in total. The number of hydrogen-bond donors (Lipinski definition) is 0. The zero-order valence-corrected chi connectivity index (χ0v) is 16.0. The Labute approximate surface area is 159 Å². The van der Waals surface area contributed by atoms with Crippen LogP contribution in [0.25, 0.3) is 22.2 Å². The molecule has 0 aliphatic rings. The van der Waals surface area contributed by atoms with Crippen LogP contribution in [-0.2, 0) is 6.54 Å². The molecule has 0 radical (unpaired) electrons. The third-order valence-electron chi connectivity index (χ3n) is 3.87. The van der Waals surface area contributed by atoms with Crippen molar-refractivity contribution in [1.29, 1.82) is 0 Å². The lowest BCUT2D eigenvalue weighted by Crippen LogP contribution is -2.01. The molecule has 3 heterocycles. The molecular formula is C18H17N5OS2. The maximum absolute atomic E-state index is 5.84. The van der Waals surface area contributed by atoms with Gasteiger partial charge in [-0.05, 0) is 25.3 Å². The Bertz CT molecular complexity index is 978. The average Bonchev–Trinajstić information content (AvgIpc) is 3.42. The molecule has 1 aromatic carbocycles. The molecule has 26 heavy (non-hydrogen) atoms. The number of aromatic nitrogens is 5. The summed E-state index contributed by atoms with van der Waals surface area (Å²) in [7, 11) is 0. The van der Waals surface area contributed by atoms with Gasteiger partial charge in [-0.1, -0.05) is 48.2 Å². The first-order chi connectivity index (χ1) is 12.8. The lowest BCUT2D eigenvalue weighted by molar-refractivity contribution is 0.509. The van der Waals surface area contributed by atoms with Crippen LogP contribution in [0.4, 0.5) is 0 Å². The van der Waals surface area contributed by atoms with Crippen molar-refractivity contribution in [2.45, 2.75) is 30.8 Å². The number of rotatable bonds is 6. The standard InChI is InChI=1S/C18H17N5OS2/c1-3-23-15(13-8-5-4-6-9-13)19-22-18(23)26-12(2)16-20-21-17(24-16)14-10-7-11-25-14/h4-12H,3H2,1-2H3/t12-/m1/s1. The van der Waals surface area contributed by atoms with Crippen molar-refractivity contribution in [3.63, 3.8) is 0 Å². The number of nitrogens with zero attached hydrogens (tertiary/aromatic N) is 5. The fourth-order valence-electron chi connectivity index (χ4n) is 2.57. The van der Waals surface area contributed by atoms with Gasteiger partial charge in [0.1, 0.15) is 0 Å². The molecule has 4 aromatic rings. The van der Waals surface area contributed by atoms with Crippen LogP contribution in [0.1, 0.15) is 25.0 Å². The predicted octanol–water partition coefficient (Wildman–Crippen LogP) is 4.93. The fourth-order valence-corrected chi connectivity index (χ4v) is 4.16. The largest absolute Gasteiger partial charge is 0.419 e. The van der Waals surface area contributed by atoms with Crippen molar-refractivity contribution in [2.75, 3.05) is 0 Å². The maximum atomic E-state index is 5.84. The summed E-state index contributed by atoms with van der Waals surface area (Å²) in [6, 6.07) is 14.0. The van der Waals surface area contributed by atoms with Gasteiger partial charge in [-0.2, -0.15) is 0 Å². The highest BCUT2D eigenvalue weighted by atomic mass is 32.2. The van der Waals surface area contributed by atoms with Gasteiger partial charge in [0, 0.05) is 12.1 Å².